The first-order valence-electron chi connectivity index (χ1n) is 10.1. The van der Waals surface area contributed by atoms with E-state index in [0.717, 1.165) is 55.2 Å². The summed E-state index contributed by atoms with van der Waals surface area (Å²) in [5.74, 6) is -0.986. The van der Waals surface area contributed by atoms with E-state index in [1.807, 2.05) is 29.2 Å². The number of anilines is 1. The standard InChI is InChI=1S/C23H25ClN2O3/c24-19-5-2-16(3-6-19)7-10-25-11-8-20(9-12-25)26-21-13-17(14-23(28)29)1-4-18(21)15-22(26)27/h1-6,13,20H,7-12,14-15H2,(H,28,29)/p-1. The van der Waals surface area contributed by atoms with Crippen LogP contribution >= 0.6 is 11.6 Å². The molecule has 1 amide bonds. The van der Waals surface area contributed by atoms with Gasteiger partial charge in [0.1, 0.15) is 0 Å². The maximum absolute atomic E-state index is 12.7. The first-order chi connectivity index (χ1) is 14.0. The molecule has 152 valence electrons. The molecule has 4 rings (SSSR count). The fourth-order valence-corrected chi connectivity index (χ4v) is 4.51. The van der Waals surface area contributed by atoms with E-state index in [-0.39, 0.29) is 18.4 Å². The number of nitrogens with zero attached hydrogens (tertiary/aromatic N) is 2. The lowest BCUT2D eigenvalue weighted by Gasteiger charge is -2.37. The Labute approximate surface area is 175 Å². The van der Waals surface area contributed by atoms with Gasteiger partial charge in [-0.1, -0.05) is 35.9 Å². The summed E-state index contributed by atoms with van der Waals surface area (Å²) in [7, 11) is 0. The summed E-state index contributed by atoms with van der Waals surface area (Å²) >= 11 is 5.95. The summed E-state index contributed by atoms with van der Waals surface area (Å²) < 4.78 is 0. The minimum absolute atomic E-state index is 0.116. The van der Waals surface area contributed by atoms with Crippen molar-refractivity contribution in [2.45, 2.75) is 38.1 Å². The highest BCUT2D eigenvalue weighted by Gasteiger charge is 2.34. The molecule has 0 atom stereocenters. The van der Waals surface area contributed by atoms with Crippen LogP contribution in [0.15, 0.2) is 42.5 Å². The van der Waals surface area contributed by atoms with Gasteiger partial charge in [0.25, 0.3) is 0 Å². The Morgan fingerprint density at radius 2 is 1.76 bits per heavy atom. The third kappa shape index (κ3) is 4.62. The van der Waals surface area contributed by atoms with Crippen molar-refractivity contribution in [1.82, 2.24) is 4.90 Å². The molecule has 1 fully saturated rings. The van der Waals surface area contributed by atoms with Gasteiger partial charge in [-0.3, -0.25) is 4.79 Å². The molecule has 5 nitrogen and oxygen atoms in total. The summed E-state index contributed by atoms with van der Waals surface area (Å²) in [6, 6.07) is 13.7. The van der Waals surface area contributed by atoms with E-state index in [1.165, 1.54) is 5.56 Å². The summed E-state index contributed by atoms with van der Waals surface area (Å²) in [5.41, 5.74) is 3.83. The zero-order valence-corrected chi connectivity index (χ0v) is 17.0. The zero-order chi connectivity index (χ0) is 20.4. The number of hydrogen-bond acceptors (Lipinski definition) is 4. The van der Waals surface area contributed by atoms with Crippen molar-refractivity contribution >= 4 is 29.2 Å². The third-order valence-corrected chi connectivity index (χ3v) is 6.17. The smallest absolute Gasteiger partial charge is 0.231 e. The quantitative estimate of drug-likeness (QED) is 0.731. The first kappa shape index (κ1) is 19.9. The number of carbonyl (C=O) groups excluding carboxylic acids is 2. The second kappa shape index (κ2) is 8.56. The van der Waals surface area contributed by atoms with Gasteiger partial charge in [-0.25, -0.2) is 0 Å². The van der Waals surface area contributed by atoms with Crippen molar-refractivity contribution in [2.24, 2.45) is 0 Å². The molecule has 0 aliphatic carbocycles. The highest BCUT2D eigenvalue weighted by atomic mass is 35.5. The van der Waals surface area contributed by atoms with Crippen LogP contribution in [-0.4, -0.2) is 42.5 Å². The summed E-state index contributed by atoms with van der Waals surface area (Å²) in [6.45, 7) is 2.90. The van der Waals surface area contributed by atoms with Crippen molar-refractivity contribution in [3.05, 3.63) is 64.2 Å². The second-order valence-corrected chi connectivity index (χ2v) is 8.34. The van der Waals surface area contributed by atoms with E-state index in [9.17, 15) is 14.7 Å². The molecule has 2 aromatic rings. The van der Waals surface area contributed by atoms with Crippen LogP contribution in [-0.2, 0) is 28.9 Å². The Balaban J connectivity index is 1.37. The lowest BCUT2D eigenvalue weighted by atomic mass is 10.0. The molecule has 0 bridgehead atoms. The van der Waals surface area contributed by atoms with Crippen molar-refractivity contribution in [3.8, 4) is 0 Å². The number of carboxylic acid groups (broad SMARTS) is 1. The number of hydrogen-bond donors (Lipinski definition) is 0. The van der Waals surface area contributed by atoms with Crippen LogP contribution in [0.5, 0.6) is 0 Å². The van der Waals surface area contributed by atoms with Crippen LogP contribution in [0.3, 0.4) is 0 Å². The van der Waals surface area contributed by atoms with E-state index in [4.69, 9.17) is 11.6 Å². The van der Waals surface area contributed by atoms with Gasteiger partial charge < -0.3 is 19.7 Å². The Hall–Kier alpha value is -2.37. The number of halogens is 1. The van der Waals surface area contributed by atoms with Crippen LogP contribution in [0.25, 0.3) is 0 Å². The SMILES string of the molecule is O=C([O-])Cc1ccc2c(c1)N(C1CCN(CCc3ccc(Cl)cc3)CC1)C(=O)C2. The number of piperidine rings is 1. The Morgan fingerprint density at radius 3 is 2.45 bits per heavy atom. The van der Waals surface area contributed by atoms with Crippen molar-refractivity contribution in [2.75, 3.05) is 24.5 Å². The molecule has 6 heteroatoms. The van der Waals surface area contributed by atoms with Crippen molar-refractivity contribution in [3.63, 3.8) is 0 Å². The fourth-order valence-electron chi connectivity index (χ4n) is 4.38. The fraction of sp³-hybridized carbons (Fsp3) is 0.391. The minimum atomic E-state index is -1.10. The Bertz CT molecular complexity index is 905. The van der Waals surface area contributed by atoms with Gasteiger partial charge in [0.15, 0.2) is 0 Å². The van der Waals surface area contributed by atoms with Crippen LogP contribution in [0, 0.1) is 0 Å². The molecule has 2 aliphatic rings. The number of likely N-dealkylation sites (tertiary alicyclic amines) is 1. The van der Waals surface area contributed by atoms with Crippen molar-refractivity contribution in [1.29, 1.82) is 0 Å². The molecule has 1 saturated heterocycles. The predicted octanol–water partition coefficient (Wildman–Crippen LogP) is 2.23. The maximum Gasteiger partial charge on any atom is 0.231 e. The molecular weight excluding hydrogens is 388 g/mol. The Kier molecular flexibility index (Phi) is 5.88. The predicted molar refractivity (Wildman–Crippen MR) is 111 cm³/mol. The average Bonchev–Trinajstić information content (AvgIpc) is 3.02. The molecule has 0 unspecified atom stereocenters. The number of carbonyl (C=O) groups is 2. The molecule has 2 aliphatic heterocycles. The lowest BCUT2D eigenvalue weighted by Crippen LogP contribution is -2.46. The number of aliphatic carboxylic acids is 1. The van der Waals surface area contributed by atoms with E-state index in [1.54, 1.807) is 6.07 Å². The molecule has 2 aromatic carbocycles. The second-order valence-electron chi connectivity index (χ2n) is 7.90. The van der Waals surface area contributed by atoms with Crippen LogP contribution in [0.4, 0.5) is 5.69 Å². The number of benzene rings is 2. The number of amides is 1. The van der Waals surface area contributed by atoms with E-state index < -0.39 is 5.97 Å². The van der Waals surface area contributed by atoms with Gasteiger partial charge in [-0.05, 0) is 54.2 Å². The monoisotopic (exact) mass is 411 g/mol. The molecule has 0 saturated carbocycles. The lowest BCUT2D eigenvalue weighted by molar-refractivity contribution is -0.304. The van der Waals surface area contributed by atoms with Crippen LogP contribution < -0.4 is 10.0 Å². The number of rotatable bonds is 6. The van der Waals surface area contributed by atoms with E-state index >= 15 is 0 Å². The van der Waals surface area contributed by atoms with Gasteiger partial charge in [0, 0.05) is 48.8 Å². The van der Waals surface area contributed by atoms with Gasteiger partial charge >= 0.3 is 0 Å². The molecular formula is C23H24ClN2O3-. The third-order valence-electron chi connectivity index (χ3n) is 5.92. The van der Waals surface area contributed by atoms with E-state index in [2.05, 4.69) is 17.0 Å². The van der Waals surface area contributed by atoms with Crippen LogP contribution in [0.1, 0.15) is 29.5 Å². The van der Waals surface area contributed by atoms with Gasteiger partial charge in [-0.15, -0.1) is 0 Å². The molecule has 0 N–H and O–H groups in total. The highest BCUT2D eigenvalue weighted by Crippen LogP contribution is 2.34. The highest BCUT2D eigenvalue weighted by molar-refractivity contribution is 6.30. The van der Waals surface area contributed by atoms with Gasteiger partial charge in [0.05, 0.1) is 6.42 Å². The largest absolute Gasteiger partial charge is 0.550 e. The average molecular weight is 412 g/mol. The van der Waals surface area contributed by atoms with Gasteiger partial charge in [-0.2, -0.15) is 0 Å². The van der Waals surface area contributed by atoms with Gasteiger partial charge in [0.2, 0.25) is 5.91 Å². The molecule has 0 spiro atoms. The maximum atomic E-state index is 12.7. The molecule has 0 radical (unpaired) electrons. The normalized spacial score (nSPS) is 17.6. The zero-order valence-electron chi connectivity index (χ0n) is 16.3. The Morgan fingerprint density at radius 1 is 1.07 bits per heavy atom. The summed E-state index contributed by atoms with van der Waals surface area (Å²) in [4.78, 5) is 27.9. The summed E-state index contributed by atoms with van der Waals surface area (Å²) in [5, 5.41) is 11.7. The number of fused-ring (bicyclic) bond motifs is 1. The molecule has 0 aromatic heterocycles. The topological polar surface area (TPSA) is 63.7 Å². The van der Waals surface area contributed by atoms with E-state index in [0.29, 0.717) is 12.0 Å². The minimum Gasteiger partial charge on any atom is -0.550 e. The number of carboxylic acids is 1. The molecule has 29 heavy (non-hydrogen) atoms. The molecule has 2 heterocycles. The van der Waals surface area contributed by atoms with Crippen molar-refractivity contribution < 1.29 is 14.7 Å². The summed E-state index contributed by atoms with van der Waals surface area (Å²) in [6.07, 6.45) is 3.11. The first-order valence-corrected chi connectivity index (χ1v) is 10.5. The van der Waals surface area contributed by atoms with Crippen LogP contribution in [0.2, 0.25) is 5.02 Å².